The van der Waals surface area contributed by atoms with E-state index < -0.39 is 11.6 Å². The lowest BCUT2D eigenvalue weighted by atomic mass is 10.1. The molecule has 39 heavy (non-hydrogen) atoms. The summed E-state index contributed by atoms with van der Waals surface area (Å²) in [5.74, 6) is -0.592. The van der Waals surface area contributed by atoms with Crippen molar-refractivity contribution in [1.29, 1.82) is 0 Å². The number of aromatic amines is 2. The van der Waals surface area contributed by atoms with Crippen LogP contribution in [0.5, 0.6) is 0 Å². The fourth-order valence-electron chi connectivity index (χ4n) is 4.45. The standard InChI is InChI=1S/C27H24F2N10/c1-39(2)6-5-32-18-9-14(7-16(28)10-18)23-24-20(3-4-33-23)35-27(36-24)25-21-22(29)19(13-34-26(21)38-37-25)15-8-17(30)12-31-11-15/h3-4,7-13,32H,5-6,30H2,1-2H3,(H,35,36)(H,34,37,38). The first-order valence-corrected chi connectivity index (χ1v) is 12.2. The van der Waals surface area contributed by atoms with Crippen molar-refractivity contribution in [2.45, 2.75) is 0 Å². The number of benzene rings is 1. The van der Waals surface area contributed by atoms with Gasteiger partial charge in [-0.05, 0) is 44.4 Å². The number of nitrogens with zero attached hydrogens (tertiary/aromatic N) is 6. The van der Waals surface area contributed by atoms with E-state index >= 15 is 4.39 Å². The van der Waals surface area contributed by atoms with Gasteiger partial charge in [-0.15, -0.1) is 0 Å². The van der Waals surface area contributed by atoms with Gasteiger partial charge in [0.2, 0.25) is 0 Å². The van der Waals surface area contributed by atoms with Crippen LogP contribution in [-0.4, -0.2) is 67.2 Å². The Kier molecular flexibility index (Phi) is 6.08. The smallest absolute Gasteiger partial charge is 0.184 e. The second-order valence-electron chi connectivity index (χ2n) is 9.39. The molecule has 0 saturated heterocycles. The Morgan fingerprint density at radius 3 is 2.72 bits per heavy atom. The van der Waals surface area contributed by atoms with Gasteiger partial charge in [-0.25, -0.2) is 18.7 Å². The largest absolute Gasteiger partial charge is 0.397 e. The van der Waals surface area contributed by atoms with E-state index in [2.05, 4.69) is 35.5 Å². The second-order valence-corrected chi connectivity index (χ2v) is 9.39. The Hall–Kier alpha value is -4.97. The Bertz CT molecular complexity index is 1830. The number of hydrogen-bond acceptors (Lipinski definition) is 8. The number of halogens is 2. The lowest BCUT2D eigenvalue weighted by Crippen LogP contribution is -2.20. The number of pyridine rings is 3. The summed E-state index contributed by atoms with van der Waals surface area (Å²) in [5.41, 5.74) is 10.3. The number of rotatable bonds is 7. The number of hydrogen-bond donors (Lipinski definition) is 4. The third-order valence-corrected chi connectivity index (χ3v) is 6.29. The van der Waals surface area contributed by atoms with Crippen LogP contribution in [0.4, 0.5) is 20.2 Å². The predicted octanol–water partition coefficient (Wildman–Crippen LogP) is 4.46. The second kappa shape index (κ2) is 9.72. The topological polar surface area (TPSA) is 137 Å². The number of nitrogen functional groups attached to an aromatic ring is 1. The van der Waals surface area contributed by atoms with Gasteiger partial charge in [0.05, 0.1) is 22.3 Å². The first-order valence-electron chi connectivity index (χ1n) is 12.2. The van der Waals surface area contributed by atoms with Crippen molar-refractivity contribution in [1.82, 2.24) is 40.0 Å². The average Bonchev–Trinajstić information content (AvgIpc) is 3.53. The third kappa shape index (κ3) is 4.61. The van der Waals surface area contributed by atoms with Gasteiger partial charge in [-0.1, -0.05) is 0 Å². The van der Waals surface area contributed by atoms with Gasteiger partial charge in [0.1, 0.15) is 22.8 Å². The van der Waals surface area contributed by atoms with Crippen LogP contribution in [0.3, 0.4) is 0 Å². The van der Waals surface area contributed by atoms with E-state index in [1.54, 1.807) is 18.3 Å². The van der Waals surface area contributed by atoms with E-state index in [9.17, 15) is 4.39 Å². The summed E-state index contributed by atoms with van der Waals surface area (Å²) >= 11 is 0. The highest BCUT2D eigenvalue weighted by Crippen LogP contribution is 2.34. The lowest BCUT2D eigenvalue weighted by molar-refractivity contribution is 0.425. The van der Waals surface area contributed by atoms with Gasteiger partial charge in [-0.2, -0.15) is 5.10 Å². The van der Waals surface area contributed by atoms with E-state index in [4.69, 9.17) is 10.7 Å². The molecule has 0 aliphatic rings. The van der Waals surface area contributed by atoms with Gasteiger partial charge < -0.3 is 20.9 Å². The number of fused-ring (bicyclic) bond motifs is 2. The third-order valence-electron chi connectivity index (χ3n) is 6.29. The van der Waals surface area contributed by atoms with E-state index in [0.29, 0.717) is 57.3 Å². The van der Waals surface area contributed by atoms with Crippen molar-refractivity contribution in [3.8, 4) is 33.9 Å². The Labute approximate surface area is 221 Å². The Morgan fingerprint density at radius 1 is 1.03 bits per heavy atom. The molecule has 0 bridgehead atoms. The SMILES string of the molecule is CN(C)CCNc1cc(F)cc(-c2nccc3[nH]c(-c4[nH]nc5ncc(-c6cncc(N)c6)c(F)c45)nc23)c1. The summed E-state index contributed by atoms with van der Waals surface area (Å²) in [6, 6.07) is 8.06. The number of likely N-dealkylation sites (N-methyl/N-ethyl adjacent to an activating group) is 1. The fourth-order valence-corrected chi connectivity index (χ4v) is 4.45. The highest BCUT2D eigenvalue weighted by molar-refractivity contribution is 5.96. The summed E-state index contributed by atoms with van der Waals surface area (Å²) in [4.78, 5) is 22.8. The first kappa shape index (κ1) is 24.4. The average molecular weight is 527 g/mol. The number of aromatic nitrogens is 7. The molecule has 1 aromatic carbocycles. The molecular formula is C27H24F2N10. The molecule has 0 unspecified atom stereocenters. The highest BCUT2D eigenvalue weighted by atomic mass is 19.1. The van der Waals surface area contributed by atoms with Gasteiger partial charge >= 0.3 is 0 Å². The minimum Gasteiger partial charge on any atom is -0.397 e. The van der Waals surface area contributed by atoms with Crippen molar-refractivity contribution >= 4 is 33.4 Å². The van der Waals surface area contributed by atoms with Gasteiger partial charge in [-0.3, -0.25) is 15.1 Å². The monoisotopic (exact) mass is 526 g/mol. The number of H-pyrrole nitrogens is 2. The summed E-state index contributed by atoms with van der Waals surface area (Å²) in [6.45, 7) is 1.45. The van der Waals surface area contributed by atoms with Crippen LogP contribution in [-0.2, 0) is 0 Å². The summed E-state index contributed by atoms with van der Waals surface area (Å²) in [6.07, 6.45) is 6.01. The van der Waals surface area contributed by atoms with Crippen molar-refractivity contribution in [2.75, 3.05) is 38.2 Å². The van der Waals surface area contributed by atoms with Gasteiger partial charge in [0.15, 0.2) is 11.5 Å². The zero-order valence-corrected chi connectivity index (χ0v) is 21.1. The van der Waals surface area contributed by atoms with Crippen LogP contribution in [0.25, 0.3) is 56.0 Å². The van der Waals surface area contributed by atoms with Crippen molar-refractivity contribution < 1.29 is 8.78 Å². The molecule has 0 amide bonds. The number of nitrogens with two attached hydrogens (primary N) is 1. The molecule has 0 aliphatic heterocycles. The lowest BCUT2D eigenvalue weighted by Gasteiger charge is -2.12. The molecule has 0 fully saturated rings. The maximum Gasteiger partial charge on any atom is 0.184 e. The van der Waals surface area contributed by atoms with Crippen molar-refractivity contribution in [3.63, 3.8) is 0 Å². The summed E-state index contributed by atoms with van der Waals surface area (Å²) < 4.78 is 30.4. The van der Waals surface area contributed by atoms with Crippen LogP contribution < -0.4 is 11.1 Å². The van der Waals surface area contributed by atoms with E-state index in [0.717, 1.165) is 6.54 Å². The Balaban J connectivity index is 1.43. The molecule has 0 aliphatic carbocycles. The maximum atomic E-state index is 15.8. The van der Waals surface area contributed by atoms with Crippen molar-refractivity contribution in [2.24, 2.45) is 0 Å². The zero-order chi connectivity index (χ0) is 27.1. The molecular weight excluding hydrogens is 502 g/mol. The Morgan fingerprint density at radius 2 is 1.90 bits per heavy atom. The number of imidazole rings is 1. The molecule has 5 aromatic heterocycles. The molecule has 6 rings (SSSR count). The number of anilines is 2. The van der Waals surface area contributed by atoms with E-state index in [1.807, 2.05) is 25.1 Å². The van der Waals surface area contributed by atoms with Crippen LogP contribution in [0, 0.1) is 11.6 Å². The fraction of sp³-hybridized carbons (Fsp3) is 0.148. The molecule has 0 radical (unpaired) electrons. The summed E-state index contributed by atoms with van der Waals surface area (Å²) in [5, 5.41) is 10.4. The molecule has 0 saturated carbocycles. The molecule has 0 atom stereocenters. The number of nitrogens with one attached hydrogen (secondary N) is 3. The minimum atomic E-state index is -0.534. The molecule has 5 N–H and O–H groups in total. The summed E-state index contributed by atoms with van der Waals surface area (Å²) in [7, 11) is 3.94. The van der Waals surface area contributed by atoms with Crippen molar-refractivity contribution in [3.05, 3.63) is 66.8 Å². The van der Waals surface area contributed by atoms with Gasteiger partial charge in [0.25, 0.3) is 0 Å². The molecule has 12 heteroatoms. The highest BCUT2D eigenvalue weighted by Gasteiger charge is 2.21. The molecule has 6 aromatic rings. The van der Waals surface area contributed by atoms with Crippen LogP contribution in [0.1, 0.15) is 0 Å². The quantitative estimate of drug-likeness (QED) is 0.239. The van der Waals surface area contributed by atoms with E-state index in [-0.39, 0.29) is 16.6 Å². The maximum absolute atomic E-state index is 15.8. The molecule has 5 heterocycles. The molecule has 0 spiro atoms. The normalized spacial score (nSPS) is 11.6. The zero-order valence-electron chi connectivity index (χ0n) is 21.1. The van der Waals surface area contributed by atoms with Gasteiger partial charge in [0, 0.05) is 60.3 Å². The molecule has 196 valence electrons. The van der Waals surface area contributed by atoms with Crippen LogP contribution in [0.2, 0.25) is 0 Å². The molecule has 10 nitrogen and oxygen atoms in total. The van der Waals surface area contributed by atoms with Crippen LogP contribution >= 0.6 is 0 Å². The first-order chi connectivity index (χ1) is 18.9. The predicted molar refractivity (Wildman–Crippen MR) is 147 cm³/mol. The minimum absolute atomic E-state index is 0.168. The van der Waals surface area contributed by atoms with E-state index in [1.165, 1.54) is 30.7 Å². The van der Waals surface area contributed by atoms with Crippen LogP contribution in [0.15, 0.2) is 55.1 Å².